The second-order valence-corrected chi connectivity index (χ2v) is 3.52. The van der Waals surface area contributed by atoms with Crippen LogP contribution in [0.5, 0.6) is 0 Å². The molecular weight excluding hydrogens is 190 g/mol. The van der Waals surface area contributed by atoms with E-state index >= 15 is 0 Å². The van der Waals surface area contributed by atoms with Crippen molar-refractivity contribution in [1.82, 2.24) is 10.2 Å². The molecule has 0 aromatic heterocycles. The topological polar surface area (TPSA) is 48.3 Å². The third-order valence-electron chi connectivity index (χ3n) is 2.30. The van der Waals surface area contributed by atoms with Gasteiger partial charge in [-0.2, -0.15) is 5.26 Å². The molecule has 88 valence electrons. The lowest BCUT2D eigenvalue weighted by atomic mass is 10.3. The van der Waals surface area contributed by atoms with Gasteiger partial charge in [0.1, 0.15) is 6.04 Å². The first-order valence-electron chi connectivity index (χ1n) is 5.62. The minimum atomic E-state index is -0.0678. The van der Waals surface area contributed by atoms with Crippen LogP contribution in [0.4, 0.5) is 0 Å². The Morgan fingerprint density at radius 3 is 2.67 bits per heavy atom. The summed E-state index contributed by atoms with van der Waals surface area (Å²) in [4.78, 5) is 2.22. The third-order valence-corrected chi connectivity index (χ3v) is 2.30. The van der Waals surface area contributed by atoms with Crippen molar-refractivity contribution in [2.45, 2.75) is 26.3 Å². The van der Waals surface area contributed by atoms with Crippen LogP contribution in [-0.2, 0) is 4.74 Å². The van der Waals surface area contributed by atoms with Crippen molar-refractivity contribution >= 4 is 0 Å². The van der Waals surface area contributed by atoms with E-state index in [2.05, 4.69) is 30.1 Å². The number of rotatable bonds is 9. The Morgan fingerprint density at radius 2 is 2.20 bits per heavy atom. The predicted octanol–water partition coefficient (Wildman–Crippen LogP) is 0.846. The highest BCUT2D eigenvalue weighted by Crippen LogP contribution is 1.92. The van der Waals surface area contributed by atoms with Gasteiger partial charge < -0.3 is 10.1 Å². The van der Waals surface area contributed by atoms with E-state index in [4.69, 9.17) is 10.00 Å². The number of likely N-dealkylation sites (N-methyl/N-ethyl adjacent to an activating group) is 1. The van der Waals surface area contributed by atoms with Gasteiger partial charge in [-0.15, -0.1) is 0 Å². The molecule has 15 heavy (non-hydrogen) atoms. The molecule has 0 aliphatic carbocycles. The van der Waals surface area contributed by atoms with Crippen molar-refractivity contribution in [3.05, 3.63) is 0 Å². The molecular formula is C11H23N3O. The summed E-state index contributed by atoms with van der Waals surface area (Å²) in [7, 11) is 1.70. The Balaban J connectivity index is 3.84. The van der Waals surface area contributed by atoms with Crippen LogP contribution < -0.4 is 5.32 Å². The summed E-state index contributed by atoms with van der Waals surface area (Å²) in [6.45, 7) is 8.44. The number of nitrogens with zero attached hydrogens (tertiary/aromatic N) is 2. The van der Waals surface area contributed by atoms with Crippen LogP contribution in [0.3, 0.4) is 0 Å². The van der Waals surface area contributed by atoms with E-state index in [-0.39, 0.29) is 6.04 Å². The van der Waals surface area contributed by atoms with Gasteiger partial charge in [-0.3, -0.25) is 4.90 Å². The summed E-state index contributed by atoms with van der Waals surface area (Å²) in [5.41, 5.74) is 0. The van der Waals surface area contributed by atoms with Crippen molar-refractivity contribution in [3.8, 4) is 6.07 Å². The molecule has 1 N–H and O–H groups in total. The standard InChI is InChI=1S/C11H23N3O/c1-4-6-13-11(9-12)10-14(5-2)7-8-15-3/h11,13H,4-8,10H2,1-3H3. The van der Waals surface area contributed by atoms with Gasteiger partial charge in [0.25, 0.3) is 0 Å². The van der Waals surface area contributed by atoms with Crippen LogP contribution >= 0.6 is 0 Å². The summed E-state index contributed by atoms with van der Waals surface area (Å²) in [5, 5.41) is 12.2. The van der Waals surface area contributed by atoms with Gasteiger partial charge in [0.15, 0.2) is 0 Å². The normalized spacial score (nSPS) is 12.7. The molecule has 0 aromatic rings. The van der Waals surface area contributed by atoms with Gasteiger partial charge in [0.05, 0.1) is 12.7 Å². The lowest BCUT2D eigenvalue weighted by Crippen LogP contribution is -2.41. The highest BCUT2D eigenvalue weighted by molar-refractivity contribution is 4.91. The minimum absolute atomic E-state index is 0.0678. The fourth-order valence-corrected chi connectivity index (χ4v) is 1.33. The molecule has 4 nitrogen and oxygen atoms in total. The number of nitrogens with one attached hydrogen (secondary N) is 1. The van der Waals surface area contributed by atoms with E-state index in [9.17, 15) is 0 Å². The smallest absolute Gasteiger partial charge is 0.108 e. The number of methoxy groups -OCH3 is 1. The van der Waals surface area contributed by atoms with Gasteiger partial charge in [-0.25, -0.2) is 0 Å². The number of ether oxygens (including phenoxy) is 1. The molecule has 0 heterocycles. The molecule has 0 amide bonds. The molecule has 1 unspecified atom stereocenters. The van der Waals surface area contributed by atoms with Gasteiger partial charge >= 0.3 is 0 Å². The Hall–Kier alpha value is -0.630. The monoisotopic (exact) mass is 213 g/mol. The Labute approximate surface area is 93.2 Å². The van der Waals surface area contributed by atoms with Crippen LogP contribution in [0, 0.1) is 11.3 Å². The van der Waals surface area contributed by atoms with Crippen molar-refractivity contribution in [2.24, 2.45) is 0 Å². The maximum Gasteiger partial charge on any atom is 0.108 e. The third kappa shape index (κ3) is 7.32. The quantitative estimate of drug-likeness (QED) is 0.617. The Morgan fingerprint density at radius 1 is 1.47 bits per heavy atom. The molecule has 4 heteroatoms. The van der Waals surface area contributed by atoms with E-state index in [0.717, 1.165) is 39.2 Å². The minimum Gasteiger partial charge on any atom is -0.383 e. The molecule has 0 aromatic carbocycles. The van der Waals surface area contributed by atoms with Gasteiger partial charge in [-0.1, -0.05) is 13.8 Å². The van der Waals surface area contributed by atoms with Gasteiger partial charge in [-0.05, 0) is 19.5 Å². The predicted molar refractivity (Wildman–Crippen MR) is 61.7 cm³/mol. The SMILES string of the molecule is CCCNC(C#N)CN(CC)CCOC. The highest BCUT2D eigenvalue weighted by atomic mass is 16.5. The molecule has 0 rings (SSSR count). The fourth-order valence-electron chi connectivity index (χ4n) is 1.33. The fraction of sp³-hybridized carbons (Fsp3) is 0.909. The first-order chi connectivity index (χ1) is 7.28. The maximum absolute atomic E-state index is 8.95. The van der Waals surface area contributed by atoms with E-state index in [0.29, 0.717) is 0 Å². The number of hydrogen-bond donors (Lipinski definition) is 1. The average molecular weight is 213 g/mol. The zero-order chi connectivity index (χ0) is 11.5. The first kappa shape index (κ1) is 14.4. The molecule has 0 aliphatic rings. The molecule has 0 aliphatic heterocycles. The molecule has 0 radical (unpaired) electrons. The van der Waals surface area contributed by atoms with Crippen LogP contribution in [0.25, 0.3) is 0 Å². The summed E-state index contributed by atoms with van der Waals surface area (Å²) >= 11 is 0. The lowest BCUT2D eigenvalue weighted by Gasteiger charge is -2.23. The van der Waals surface area contributed by atoms with Crippen molar-refractivity contribution in [1.29, 1.82) is 5.26 Å². The van der Waals surface area contributed by atoms with E-state index < -0.39 is 0 Å². The second kappa shape index (κ2) is 9.91. The lowest BCUT2D eigenvalue weighted by molar-refractivity contribution is 0.147. The van der Waals surface area contributed by atoms with Crippen molar-refractivity contribution in [2.75, 3.05) is 39.9 Å². The first-order valence-corrected chi connectivity index (χ1v) is 5.62. The summed E-state index contributed by atoms with van der Waals surface area (Å²) in [6.07, 6.45) is 1.06. The largest absolute Gasteiger partial charge is 0.383 e. The summed E-state index contributed by atoms with van der Waals surface area (Å²) in [5.74, 6) is 0. The highest BCUT2D eigenvalue weighted by Gasteiger charge is 2.10. The number of nitriles is 1. The van der Waals surface area contributed by atoms with Gasteiger partial charge in [0, 0.05) is 20.2 Å². The Kier molecular flexibility index (Phi) is 9.49. The molecule has 1 atom stereocenters. The van der Waals surface area contributed by atoms with Gasteiger partial charge in [0.2, 0.25) is 0 Å². The molecule has 0 fully saturated rings. The Bertz CT molecular complexity index is 179. The maximum atomic E-state index is 8.95. The zero-order valence-corrected chi connectivity index (χ0v) is 10.1. The molecule has 0 saturated heterocycles. The van der Waals surface area contributed by atoms with E-state index in [1.807, 2.05) is 0 Å². The molecule has 0 bridgehead atoms. The summed E-state index contributed by atoms with van der Waals surface area (Å²) < 4.78 is 5.03. The molecule has 0 saturated carbocycles. The van der Waals surface area contributed by atoms with E-state index in [1.54, 1.807) is 7.11 Å². The van der Waals surface area contributed by atoms with Crippen molar-refractivity contribution < 1.29 is 4.74 Å². The summed E-state index contributed by atoms with van der Waals surface area (Å²) in [6, 6.07) is 2.22. The average Bonchev–Trinajstić information content (AvgIpc) is 2.28. The second-order valence-electron chi connectivity index (χ2n) is 3.52. The zero-order valence-electron chi connectivity index (χ0n) is 10.1. The molecule has 0 spiro atoms. The van der Waals surface area contributed by atoms with Crippen LogP contribution in [-0.4, -0.2) is 50.8 Å². The van der Waals surface area contributed by atoms with Crippen LogP contribution in [0.1, 0.15) is 20.3 Å². The number of hydrogen-bond acceptors (Lipinski definition) is 4. The van der Waals surface area contributed by atoms with Crippen LogP contribution in [0.15, 0.2) is 0 Å². The van der Waals surface area contributed by atoms with Crippen molar-refractivity contribution in [3.63, 3.8) is 0 Å². The van der Waals surface area contributed by atoms with Crippen LogP contribution in [0.2, 0.25) is 0 Å². The van der Waals surface area contributed by atoms with E-state index in [1.165, 1.54) is 0 Å².